The molecule has 18 heavy (non-hydrogen) atoms. The van der Waals surface area contributed by atoms with E-state index in [0.717, 1.165) is 22.9 Å². The van der Waals surface area contributed by atoms with Gasteiger partial charge in [0.25, 0.3) is 5.91 Å². The quantitative estimate of drug-likeness (QED) is 0.893. The van der Waals surface area contributed by atoms with Crippen molar-refractivity contribution in [2.75, 3.05) is 6.54 Å². The molecule has 3 nitrogen and oxygen atoms in total. The van der Waals surface area contributed by atoms with Gasteiger partial charge in [-0.1, -0.05) is 22.0 Å². The Balaban J connectivity index is 0.00000162. The van der Waals surface area contributed by atoms with E-state index in [1.165, 1.54) is 6.42 Å². The summed E-state index contributed by atoms with van der Waals surface area (Å²) in [5, 5.41) is 2.90. The summed E-state index contributed by atoms with van der Waals surface area (Å²) >= 11 is 3.43. The Kier molecular flexibility index (Phi) is 5.20. The number of amides is 1. The summed E-state index contributed by atoms with van der Waals surface area (Å²) < 4.78 is 0.955. The lowest BCUT2D eigenvalue weighted by Crippen LogP contribution is -2.54. The van der Waals surface area contributed by atoms with Crippen LogP contribution in [0.4, 0.5) is 0 Å². The van der Waals surface area contributed by atoms with Gasteiger partial charge in [-0.15, -0.1) is 12.4 Å². The number of rotatable bonds is 3. The van der Waals surface area contributed by atoms with E-state index in [2.05, 4.69) is 21.2 Å². The van der Waals surface area contributed by atoms with Crippen LogP contribution in [0.15, 0.2) is 22.7 Å². The molecule has 1 aliphatic rings. The molecule has 0 bridgehead atoms. The van der Waals surface area contributed by atoms with Crippen molar-refractivity contribution in [2.45, 2.75) is 31.7 Å². The Morgan fingerprint density at radius 1 is 1.50 bits per heavy atom. The molecule has 0 aromatic heterocycles. The van der Waals surface area contributed by atoms with Crippen LogP contribution >= 0.6 is 28.3 Å². The normalized spacial score (nSPS) is 16.4. The van der Waals surface area contributed by atoms with Gasteiger partial charge in [-0.2, -0.15) is 0 Å². The van der Waals surface area contributed by atoms with Gasteiger partial charge in [-0.05, 0) is 43.9 Å². The number of benzene rings is 1. The highest BCUT2D eigenvalue weighted by Crippen LogP contribution is 2.28. The molecule has 5 heteroatoms. The van der Waals surface area contributed by atoms with Crippen LogP contribution in [0.5, 0.6) is 0 Å². The van der Waals surface area contributed by atoms with Gasteiger partial charge in [0.15, 0.2) is 0 Å². The van der Waals surface area contributed by atoms with Crippen LogP contribution in [0.3, 0.4) is 0 Å². The molecule has 1 aromatic rings. The first-order valence-corrected chi connectivity index (χ1v) is 6.63. The van der Waals surface area contributed by atoms with Crippen LogP contribution in [0.2, 0.25) is 0 Å². The second-order valence-corrected chi connectivity index (χ2v) is 5.72. The van der Waals surface area contributed by atoms with E-state index in [-0.39, 0.29) is 23.9 Å². The summed E-state index contributed by atoms with van der Waals surface area (Å²) in [6, 6.07) is 5.61. The Labute approximate surface area is 122 Å². The number of carbonyl (C=O) groups is 1. The van der Waals surface area contributed by atoms with E-state index < -0.39 is 0 Å². The SMILES string of the molecule is Cc1ccc(C(=O)NCC2(N)CCC2)cc1Br.Cl. The largest absolute Gasteiger partial charge is 0.350 e. The van der Waals surface area contributed by atoms with Crippen molar-refractivity contribution in [3.8, 4) is 0 Å². The summed E-state index contributed by atoms with van der Waals surface area (Å²) in [5.41, 5.74) is 7.68. The van der Waals surface area contributed by atoms with Gasteiger partial charge in [0.05, 0.1) is 0 Å². The van der Waals surface area contributed by atoms with Gasteiger partial charge >= 0.3 is 0 Å². The van der Waals surface area contributed by atoms with E-state index >= 15 is 0 Å². The van der Waals surface area contributed by atoms with Crippen molar-refractivity contribution in [1.82, 2.24) is 5.32 Å². The second-order valence-electron chi connectivity index (χ2n) is 4.86. The number of aryl methyl sites for hydroxylation is 1. The molecule has 0 aliphatic heterocycles. The minimum Gasteiger partial charge on any atom is -0.350 e. The topological polar surface area (TPSA) is 55.1 Å². The Morgan fingerprint density at radius 2 is 2.17 bits per heavy atom. The molecule has 0 atom stereocenters. The molecule has 1 aromatic carbocycles. The van der Waals surface area contributed by atoms with Gasteiger partial charge in [-0.25, -0.2) is 0 Å². The molecule has 3 N–H and O–H groups in total. The Hall–Kier alpha value is -0.580. The van der Waals surface area contributed by atoms with Gasteiger partial charge < -0.3 is 11.1 Å². The fraction of sp³-hybridized carbons (Fsp3) is 0.462. The van der Waals surface area contributed by atoms with Gasteiger partial charge in [0, 0.05) is 22.1 Å². The molecular formula is C13H18BrClN2O. The molecule has 0 unspecified atom stereocenters. The summed E-state index contributed by atoms with van der Waals surface area (Å²) in [6.45, 7) is 2.56. The van der Waals surface area contributed by atoms with Crippen LogP contribution in [0.25, 0.3) is 0 Å². The maximum absolute atomic E-state index is 11.9. The zero-order chi connectivity index (χ0) is 12.5. The summed E-state index contributed by atoms with van der Waals surface area (Å²) in [4.78, 5) is 11.9. The molecule has 0 radical (unpaired) electrons. The molecule has 1 amide bonds. The fourth-order valence-corrected chi connectivity index (χ4v) is 2.28. The molecule has 0 saturated heterocycles. The summed E-state index contributed by atoms with van der Waals surface area (Å²) in [5.74, 6) is -0.0533. The average Bonchev–Trinajstić information content (AvgIpc) is 2.27. The van der Waals surface area contributed by atoms with E-state index in [1.54, 1.807) is 0 Å². The number of halogens is 2. The van der Waals surface area contributed by atoms with Crippen LogP contribution in [0.1, 0.15) is 35.2 Å². The van der Waals surface area contributed by atoms with Crippen molar-refractivity contribution in [1.29, 1.82) is 0 Å². The molecule has 100 valence electrons. The first kappa shape index (κ1) is 15.5. The van der Waals surface area contributed by atoms with E-state index in [4.69, 9.17) is 5.73 Å². The Morgan fingerprint density at radius 3 is 2.67 bits per heavy atom. The lowest BCUT2D eigenvalue weighted by Gasteiger charge is -2.38. The van der Waals surface area contributed by atoms with E-state index in [1.807, 2.05) is 25.1 Å². The average molecular weight is 334 g/mol. The van der Waals surface area contributed by atoms with Crippen molar-refractivity contribution < 1.29 is 4.79 Å². The predicted molar refractivity (Wildman–Crippen MR) is 79.2 cm³/mol. The Bertz CT molecular complexity index is 447. The summed E-state index contributed by atoms with van der Waals surface area (Å²) in [6.07, 6.45) is 3.18. The fourth-order valence-electron chi connectivity index (χ4n) is 1.90. The molecule has 0 spiro atoms. The first-order valence-electron chi connectivity index (χ1n) is 5.83. The highest BCUT2D eigenvalue weighted by Gasteiger charge is 2.32. The highest BCUT2D eigenvalue weighted by molar-refractivity contribution is 9.10. The van der Waals surface area contributed by atoms with Crippen LogP contribution in [-0.2, 0) is 0 Å². The third-order valence-electron chi connectivity index (χ3n) is 3.38. The molecule has 1 aliphatic carbocycles. The van der Waals surface area contributed by atoms with Crippen molar-refractivity contribution in [2.24, 2.45) is 5.73 Å². The van der Waals surface area contributed by atoms with Gasteiger partial charge in [0.2, 0.25) is 0 Å². The highest BCUT2D eigenvalue weighted by atomic mass is 79.9. The number of hydrogen-bond acceptors (Lipinski definition) is 2. The number of carbonyl (C=O) groups excluding carboxylic acids is 1. The lowest BCUT2D eigenvalue weighted by atomic mass is 9.78. The smallest absolute Gasteiger partial charge is 0.251 e. The molecular weight excluding hydrogens is 316 g/mol. The zero-order valence-corrected chi connectivity index (χ0v) is 12.7. The standard InChI is InChI=1S/C13H17BrN2O.ClH/c1-9-3-4-10(7-11(9)14)12(17)16-8-13(15)5-2-6-13;/h3-4,7H,2,5-6,8,15H2,1H3,(H,16,17);1H. The predicted octanol–water partition coefficient (Wildman–Crippen LogP) is 2.79. The van der Waals surface area contributed by atoms with Crippen molar-refractivity contribution >= 4 is 34.2 Å². The second kappa shape index (κ2) is 6.04. The van der Waals surface area contributed by atoms with Crippen LogP contribution in [-0.4, -0.2) is 18.0 Å². The summed E-state index contributed by atoms with van der Waals surface area (Å²) in [7, 11) is 0. The van der Waals surface area contributed by atoms with Gasteiger partial charge in [-0.3, -0.25) is 4.79 Å². The number of nitrogens with two attached hydrogens (primary N) is 1. The van der Waals surface area contributed by atoms with Crippen molar-refractivity contribution in [3.63, 3.8) is 0 Å². The number of nitrogens with one attached hydrogen (secondary N) is 1. The zero-order valence-electron chi connectivity index (χ0n) is 10.3. The van der Waals surface area contributed by atoms with E-state index in [9.17, 15) is 4.79 Å². The third kappa shape index (κ3) is 3.46. The maximum atomic E-state index is 11.9. The first-order chi connectivity index (χ1) is 8.00. The monoisotopic (exact) mass is 332 g/mol. The lowest BCUT2D eigenvalue weighted by molar-refractivity contribution is 0.0929. The third-order valence-corrected chi connectivity index (χ3v) is 4.24. The van der Waals surface area contributed by atoms with Crippen LogP contribution in [0, 0.1) is 6.92 Å². The van der Waals surface area contributed by atoms with Crippen molar-refractivity contribution in [3.05, 3.63) is 33.8 Å². The maximum Gasteiger partial charge on any atom is 0.251 e. The van der Waals surface area contributed by atoms with Gasteiger partial charge in [0.1, 0.15) is 0 Å². The molecule has 2 rings (SSSR count). The number of hydrogen-bond donors (Lipinski definition) is 2. The molecule has 1 saturated carbocycles. The minimum absolute atomic E-state index is 0. The van der Waals surface area contributed by atoms with Crippen LogP contribution < -0.4 is 11.1 Å². The minimum atomic E-state index is -0.169. The van der Waals surface area contributed by atoms with E-state index in [0.29, 0.717) is 12.1 Å². The molecule has 1 fully saturated rings. The molecule has 0 heterocycles.